The summed E-state index contributed by atoms with van der Waals surface area (Å²) in [5.41, 5.74) is 6.05. The van der Waals surface area contributed by atoms with E-state index < -0.39 is 5.60 Å². The Bertz CT molecular complexity index is 902. The summed E-state index contributed by atoms with van der Waals surface area (Å²) in [6.45, 7) is 2.67. The molecule has 5 rings (SSSR count). The normalized spacial score (nSPS) is 28.1. The Morgan fingerprint density at radius 2 is 1.80 bits per heavy atom. The molecule has 2 aromatic rings. The number of aromatic nitrogens is 1. The van der Waals surface area contributed by atoms with Gasteiger partial charge in [-0.3, -0.25) is 9.69 Å². The topological polar surface area (TPSA) is 91.5 Å². The molecule has 0 radical (unpaired) electrons. The van der Waals surface area contributed by atoms with E-state index in [2.05, 4.69) is 15.2 Å². The van der Waals surface area contributed by atoms with E-state index in [4.69, 9.17) is 5.73 Å². The largest absolute Gasteiger partial charge is 0.384 e. The van der Waals surface area contributed by atoms with Crippen molar-refractivity contribution in [3.05, 3.63) is 59.8 Å². The predicted octanol–water partition coefficient (Wildman–Crippen LogP) is 2.29. The zero-order chi connectivity index (χ0) is 20.7. The molecular weight excluding hydrogens is 376 g/mol. The lowest BCUT2D eigenvalue weighted by Crippen LogP contribution is -2.50. The van der Waals surface area contributed by atoms with Gasteiger partial charge in [0, 0.05) is 31.6 Å². The van der Waals surface area contributed by atoms with E-state index >= 15 is 0 Å². The number of pyridine rings is 1. The molecule has 1 amide bonds. The van der Waals surface area contributed by atoms with Gasteiger partial charge in [0.05, 0.1) is 5.69 Å². The van der Waals surface area contributed by atoms with E-state index in [-0.39, 0.29) is 17.9 Å². The molecule has 6 nitrogen and oxygen atoms in total. The van der Waals surface area contributed by atoms with Gasteiger partial charge in [-0.05, 0) is 42.4 Å². The molecule has 2 saturated carbocycles. The number of likely N-dealkylation sites (tertiary alicyclic amines) is 1. The fourth-order valence-electron chi connectivity index (χ4n) is 5.62. The van der Waals surface area contributed by atoms with E-state index in [1.54, 1.807) is 6.07 Å². The number of rotatable bonds is 6. The van der Waals surface area contributed by atoms with Gasteiger partial charge in [0.2, 0.25) is 0 Å². The third-order valence-electron chi connectivity index (χ3n) is 7.29. The Labute approximate surface area is 177 Å². The van der Waals surface area contributed by atoms with Crippen LogP contribution in [0.4, 0.5) is 5.82 Å². The van der Waals surface area contributed by atoms with E-state index in [0.29, 0.717) is 17.7 Å². The number of hydrogen-bond donors (Lipinski definition) is 3. The third kappa shape index (κ3) is 3.48. The van der Waals surface area contributed by atoms with Crippen molar-refractivity contribution in [2.75, 3.05) is 18.8 Å². The monoisotopic (exact) mass is 406 g/mol. The lowest BCUT2D eigenvalue weighted by molar-refractivity contribution is -0.147. The van der Waals surface area contributed by atoms with Crippen LogP contribution in [0.15, 0.2) is 48.5 Å². The predicted molar refractivity (Wildman–Crippen MR) is 115 cm³/mol. The molecule has 1 aliphatic heterocycles. The fraction of sp³-hybridized carbons (Fsp3) is 0.500. The van der Waals surface area contributed by atoms with Gasteiger partial charge in [0.25, 0.3) is 5.91 Å². The summed E-state index contributed by atoms with van der Waals surface area (Å²) in [4.78, 5) is 20.1. The number of amides is 1. The van der Waals surface area contributed by atoms with Crippen molar-refractivity contribution in [3.63, 3.8) is 0 Å². The summed E-state index contributed by atoms with van der Waals surface area (Å²) in [6.07, 6.45) is 3.96. The molecule has 1 saturated heterocycles. The van der Waals surface area contributed by atoms with Crippen LogP contribution >= 0.6 is 0 Å². The minimum atomic E-state index is -1.43. The van der Waals surface area contributed by atoms with Gasteiger partial charge >= 0.3 is 0 Å². The maximum absolute atomic E-state index is 13.3. The molecule has 4 N–H and O–H groups in total. The van der Waals surface area contributed by atoms with Crippen LogP contribution in [0.3, 0.4) is 0 Å². The molecule has 2 aliphatic carbocycles. The number of nitrogens with zero attached hydrogens (tertiary/aromatic N) is 2. The number of nitrogen functional groups attached to an aromatic ring is 1. The number of nitrogens with two attached hydrogens (primary N) is 1. The van der Waals surface area contributed by atoms with Crippen LogP contribution in [-0.4, -0.2) is 40.0 Å². The average Bonchev–Trinajstić information content (AvgIpc) is 3.17. The highest BCUT2D eigenvalue weighted by Gasteiger charge is 2.58. The summed E-state index contributed by atoms with van der Waals surface area (Å²) in [5, 5.41) is 14.8. The highest BCUT2D eigenvalue weighted by atomic mass is 16.3. The minimum absolute atomic E-state index is 0.00963. The number of nitrogens with one attached hydrogen (secondary N) is 1. The summed E-state index contributed by atoms with van der Waals surface area (Å²) in [7, 11) is 0. The first-order chi connectivity index (χ1) is 14.6. The molecule has 3 aliphatic rings. The van der Waals surface area contributed by atoms with Gasteiger partial charge in [0.15, 0.2) is 5.60 Å². The van der Waals surface area contributed by atoms with Crippen LogP contribution in [0.5, 0.6) is 0 Å². The van der Waals surface area contributed by atoms with Crippen molar-refractivity contribution in [2.45, 2.75) is 43.9 Å². The van der Waals surface area contributed by atoms with E-state index in [0.717, 1.165) is 56.6 Å². The molecule has 30 heavy (non-hydrogen) atoms. The van der Waals surface area contributed by atoms with Gasteiger partial charge in [-0.15, -0.1) is 0 Å². The Morgan fingerprint density at radius 1 is 1.10 bits per heavy atom. The summed E-state index contributed by atoms with van der Waals surface area (Å²) < 4.78 is 0. The van der Waals surface area contributed by atoms with Crippen molar-refractivity contribution in [3.8, 4) is 0 Å². The SMILES string of the molecule is Nc1cccc(CN2CC3[C@H](C2)[C@H]3NC(=O)C(O)(c2ccccc2)C2CCCC2)n1. The first kappa shape index (κ1) is 19.5. The second kappa shape index (κ2) is 7.67. The number of piperidine rings is 1. The van der Waals surface area contributed by atoms with Gasteiger partial charge < -0.3 is 16.2 Å². The van der Waals surface area contributed by atoms with Crippen LogP contribution in [0.1, 0.15) is 36.9 Å². The lowest BCUT2D eigenvalue weighted by atomic mass is 9.79. The number of aliphatic hydroxyl groups is 1. The number of carbonyl (C=O) groups is 1. The van der Waals surface area contributed by atoms with Crippen LogP contribution in [0, 0.1) is 17.8 Å². The smallest absolute Gasteiger partial charge is 0.257 e. The molecule has 1 aromatic carbocycles. The van der Waals surface area contributed by atoms with Gasteiger partial charge in [-0.25, -0.2) is 4.98 Å². The Morgan fingerprint density at radius 3 is 2.47 bits per heavy atom. The number of benzene rings is 1. The highest BCUT2D eigenvalue weighted by molar-refractivity contribution is 5.87. The summed E-state index contributed by atoms with van der Waals surface area (Å²) in [5.74, 6) is 1.24. The molecule has 0 bridgehead atoms. The third-order valence-corrected chi connectivity index (χ3v) is 7.29. The van der Waals surface area contributed by atoms with Crippen LogP contribution in [0.25, 0.3) is 0 Å². The number of hydrogen-bond acceptors (Lipinski definition) is 5. The van der Waals surface area contributed by atoms with E-state index in [1.165, 1.54) is 0 Å². The van der Waals surface area contributed by atoms with Crippen LogP contribution in [-0.2, 0) is 16.9 Å². The summed E-state index contributed by atoms with van der Waals surface area (Å²) in [6, 6.07) is 15.4. The first-order valence-corrected chi connectivity index (χ1v) is 11.1. The zero-order valence-electron chi connectivity index (χ0n) is 17.2. The zero-order valence-corrected chi connectivity index (χ0v) is 17.2. The maximum atomic E-state index is 13.3. The van der Waals surface area contributed by atoms with E-state index in [9.17, 15) is 9.90 Å². The Balaban J connectivity index is 1.23. The highest BCUT2D eigenvalue weighted by Crippen LogP contribution is 2.47. The minimum Gasteiger partial charge on any atom is -0.384 e. The molecule has 1 aromatic heterocycles. The first-order valence-electron chi connectivity index (χ1n) is 11.1. The van der Waals surface area contributed by atoms with Crippen molar-refractivity contribution in [2.24, 2.45) is 17.8 Å². The second-order valence-corrected chi connectivity index (χ2v) is 9.19. The number of anilines is 1. The Hall–Kier alpha value is -2.44. The summed E-state index contributed by atoms with van der Waals surface area (Å²) >= 11 is 0. The molecule has 6 heteroatoms. The number of fused-ring (bicyclic) bond motifs is 1. The molecule has 3 fully saturated rings. The standard InChI is InChI=1S/C24H30N4O2/c25-21-12-6-11-18(26-21)13-28-14-19-20(15-28)22(19)27-23(29)24(30,17-9-4-5-10-17)16-7-2-1-3-8-16/h1-3,6-8,11-12,17,19-20,22,30H,4-5,9-10,13-15H2,(H2,25,26)(H,27,29)/t19-,20?,22+,24?/m0/s1. The van der Waals surface area contributed by atoms with Crippen LogP contribution < -0.4 is 11.1 Å². The molecule has 0 spiro atoms. The van der Waals surface area contributed by atoms with Crippen molar-refractivity contribution in [1.29, 1.82) is 0 Å². The quantitative estimate of drug-likeness (QED) is 0.685. The fourth-order valence-corrected chi connectivity index (χ4v) is 5.62. The Kier molecular flexibility index (Phi) is 4.99. The lowest BCUT2D eigenvalue weighted by Gasteiger charge is -2.33. The second-order valence-electron chi connectivity index (χ2n) is 9.19. The van der Waals surface area contributed by atoms with Gasteiger partial charge in [-0.2, -0.15) is 0 Å². The van der Waals surface area contributed by atoms with Crippen molar-refractivity contribution in [1.82, 2.24) is 15.2 Å². The van der Waals surface area contributed by atoms with Crippen LogP contribution in [0.2, 0.25) is 0 Å². The molecule has 2 heterocycles. The van der Waals surface area contributed by atoms with Gasteiger partial charge in [-0.1, -0.05) is 49.2 Å². The average molecular weight is 407 g/mol. The maximum Gasteiger partial charge on any atom is 0.257 e. The molecular formula is C24H30N4O2. The molecule has 158 valence electrons. The van der Waals surface area contributed by atoms with Gasteiger partial charge in [0.1, 0.15) is 5.82 Å². The number of carbonyl (C=O) groups excluding carboxylic acids is 1. The molecule has 4 atom stereocenters. The van der Waals surface area contributed by atoms with E-state index in [1.807, 2.05) is 42.5 Å². The van der Waals surface area contributed by atoms with Crippen molar-refractivity contribution < 1.29 is 9.90 Å². The molecule has 2 unspecified atom stereocenters. The van der Waals surface area contributed by atoms with Crippen molar-refractivity contribution >= 4 is 11.7 Å².